The molecule has 0 atom stereocenters. The van der Waals surface area contributed by atoms with E-state index in [1.54, 1.807) is 0 Å². The second kappa shape index (κ2) is 10.0. The van der Waals surface area contributed by atoms with Gasteiger partial charge in [0.1, 0.15) is 16.5 Å². The average molecular weight is 435 g/mol. The number of unbranched alkanes of at least 4 members (excludes halogenated alkanes) is 1. The number of sulfonamides is 1. The topological polar surface area (TPSA) is 75.7 Å². The van der Waals surface area contributed by atoms with Gasteiger partial charge in [-0.1, -0.05) is 25.5 Å². The molecule has 30 heavy (non-hydrogen) atoms. The van der Waals surface area contributed by atoms with E-state index in [2.05, 4.69) is 12.2 Å². The highest BCUT2D eigenvalue weighted by Crippen LogP contribution is 2.24. The molecule has 1 heterocycles. The summed E-state index contributed by atoms with van der Waals surface area (Å²) in [6.07, 6.45) is 3.46. The van der Waals surface area contributed by atoms with E-state index >= 15 is 0 Å². The van der Waals surface area contributed by atoms with E-state index in [9.17, 15) is 17.6 Å². The van der Waals surface area contributed by atoms with E-state index in [1.807, 2.05) is 24.3 Å². The molecule has 0 aromatic heterocycles. The second-order valence-corrected chi connectivity index (χ2v) is 9.16. The van der Waals surface area contributed by atoms with Gasteiger partial charge in [-0.15, -0.1) is 0 Å². The van der Waals surface area contributed by atoms with Crippen molar-refractivity contribution in [2.45, 2.75) is 37.5 Å². The first-order valence-corrected chi connectivity index (χ1v) is 11.7. The summed E-state index contributed by atoms with van der Waals surface area (Å²) in [5.41, 5.74) is 1.16. The molecule has 6 nitrogen and oxygen atoms in total. The first kappa shape index (κ1) is 22.2. The maximum absolute atomic E-state index is 14.1. The molecule has 0 aliphatic carbocycles. The van der Waals surface area contributed by atoms with Gasteiger partial charge in [0.05, 0.1) is 6.61 Å². The van der Waals surface area contributed by atoms with Crippen molar-refractivity contribution in [3.05, 3.63) is 59.4 Å². The predicted molar refractivity (Wildman–Crippen MR) is 113 cm³/mol. The van der Waals surface area contributed by atoms with Crippen LogP contribution in [0.1, 0.15) is 42.1 Å². The minimum absolute atomic E-state index is 0.121. The zero-order valence-corrected chi connectivity index (χ0v) is 17.9. The van der Waals surface area contributed by atoms with Gasteiger partial charge in [0.25, 0.3) is 5.91 Å². The number of carbonyl (C=O) groups is 1. The zero-order valence-electron chi connectivity index (χ0n) is 17.1. The highest BCUT2D eigenvalue weighted by atomic mass is 32.2. The second-order valence-electron chi connectivity index (χ2n) is 7.25. The van der Waals surface area contributed by atoms with Crippen LogP contribution in [-0.4, -0.2) is 44.9 Å². The third-order valence-corrected chi connectivity index (χ3v) is 6.93. The molecular weight excluding hydrogens is 407 g/mol. The summed E-state index contributed by atoms with van der Waals surface area (Å²) in [4.78, 5) is 12.0. The van der Waals surface area contributed by atoms with Gasteiger partial charge in [-0.25, -0.2) is 12.8 Å². The molecule has 162 valence electrons. The van der Waals surface area contributed by atoms with E-state index in [4.69, 9.17) is 4.74 Å². The number of hydrogen-bond acceptors (Lipinski definition) is 4. The summed E-state index contributed by atoms with van der Waals surface area (Å²) < 4.78 is 45.9. The van der Waals surface area contributed by atoms with Crippen LogP contribution < -0.4 is 10.1 Å². The molecule has 0 unspecified atom stereocenters. The van der Waals surface area contributed by atoms with Crippen LogP contribution in [0.2, 0.25) is 0 Å². The molecule has 0 bridgehead atoms. The van der Waals surface area contributed by atoms with Crippen LogP contribution in [0.15, 0.2) is 47.4 Å². The first-order valence-electron chi connectivity index (χ1n) is 10.2. The van der Waals surface area contributed by atoms with Crippen molar-refractivity contribution in [1.82, 2.24) is 9.62 Å². The number of hydrogen-bond donors (Lipinski definition) is 1. The maximum Gasteiger partial charge on any atom is 0.251 e. The lowest BCUT2D eigenvalue weighted by Crippen LogP contribution is -2.42. The predicted octanol–water partition coefficient (Wildman–Crippen LogP) is 3.37. The number of amides is 1. The van der Waals surface area contributed by atoms with Gasteiger partial charge in [0, 0.05) is 25.2 Å². The Morgan fingerprint density at radius 2 is 1.90 bits per heavy atom. The van der Waals surface area contributed by atoms with Crippen LogP contribution in [0, 0.1) is 5.82 Å². The highest BCUT2D eigenvalue weighted by molar-refractivity contribution is 7.89. The Labute approximate surface area is 177 Å². The molecule has 0 saturated carbocycles. The molecular formula is C22H27FN2O4S. The Kier molecular flexibility index (Phi) is 7.44. The molecule has 1 fully saturated rings. The Morgan fingerprint density at radius 1 is 1.17 bits per heavy atom. The molecule has 8 heteroatoms. The summed E-state index contributed by atoms with van der Waals surface area (Å²) in [5.74, 6) is -0.465. The normalized spacial score (nSPS) is 14.2. The smallest absolute Gasteiger partial charge is 0.251 e. The van der Waals surface area contributed by atoms with Crippen molar-refractivity contribution in [3.8, 4) is 5.75 Å². The van der Waals surface area contributed by atoms with E-state index in [1.165, 1.54) is 10.4 Å². The molecule has 1 aliphatic rings. The van der Waals surface area contributed by atoms with Crippen LogP contribution in [0.5, 0.6) is 5.75 Å². The van der Waals surface area contributed by atoms with Crippen molar-refractivity contribution in [2.75, 3.05) is 26.2 Å². The van der Waals surface area contributed by atoms with Crippen LogP contribution in [-0.2, 0) is 16.4 Å². The molecule has 2 aromatic rings. The molecule has 1 amide bonds. The van der Waals surface area contributed by atoms with Crippen molar-refractivity contribution >= 4 is 15.9 Å². The lowest BCUT2D eigenvalue weighted by Gasteiger charge is -2.29. The first-order chi connectivity index (χ1) is 14.4. The van der Waals surface area contributed by atoms with Gasteiger partial charge in [0.2, 0.25) is 10.0 Å². The van der Waals surface area contributed by atoms with Crippen LogP contribution >= 0.6 is 0 Å². The number of carbonyl (C=O) groups excluding carboxylic acids is 1. The number of nitrogens with one attached hydrogen (secondary N) is 1. The standard InChI is InChI=1S/C22H27FN2O4S/c1-2-3-15-29-19-8-5-17(6-9-19)11-12-24-22(26)18-7-10-20(23)21(16-18)30(27,28)25-13-4-14-25/h5-10,16H,2-4,11-15H2,1H3,(H,24,26). The van der Waals surface area contributed by atoms with Gasteiger partial charge in [-0.05, 0) is 55.2 Å². The third-order valence-electron chi connectivity index (χ3n) is 5.02. The van der Waals surface area contributed by atoms with Gasteiger partial charge in [0.15, 0.2) is 0 Å². The molecule has 3 rings (SSSR count). The molecule has 1 saturated heterocycles. The van der Waals surface area contributed by atoms with E-state index < -0.39 is 26.6 Å². The summed E-state index contributed by atoms with van der Waals surface area (Å²) in [6, 6.07) is 11.1. The molecule has 1 aliphatic heterocycles. The van der Waals surface area contributed by atoms with Crippen LogP contribution in [0.25, 0.3) is 0 Å². The van der Waals surface area contributed by atoms with Crippen molar-refractivity contribution in [1.29, 1.82) is 0 Å². The average Bonchev–Trinajstić information content (AvgIpc) is 2.68. The van der Waals surface area contributed by atoms with Gasteiger partial charge >= 0.3 is 0 Å². The molecule has 2 aromatic carbocycles. The number of ether oxygens (including phenoxy) is 1. The highest BCUT2D eigenvalue weighted by Gasteiger charge is 2.32. The van der Waals surface area contributed by atoms with E-state index in [0.717, 1.165) is 42.7 Å². The Hall–Kier alpha value is -2.45. The maximum atomic E-state index is 14.1. The van der Waals surface area contributed by atoms with Gasteiger partial charge < -0.3 is 10.1 Å². The zero-order chi connectivity index (χ0) is 21.6. The molecule has 0 spiro atoms. The Morgan fingerprint density at radius 3 is 2.53 bits per heavy atom. The number of halogens is 1. The Bertz CT molecular complexity index is 973. The minimum Gasteiger partial charge on any atom is -0.494 e. The van der Waals surface area contributed by atoms with Crippen molar-refractivity contribution in [2.24, 2.45) is 0 Å². The van der Waals surface area contributed by atoms with E-state index in [0.29, 0.717) is 32.7 Å². The Balaban J connectivity index is 1.56. The van der Waals surface area contributed by atoms with Crippen molar-refractivity contribution < 1.29 is 22.3 Å². The lowest BCUT2D eigenvalue weighted by atomic mass is 10.1. The number of rotatable bonds is 10. The number of benzene rings is 2. The summed E-state index contributed by atoms with van der Waals surface area (Å²) >= 11 is 0. The largest absolute Gasteiger partial charge is 0.494 e. The summed E-state index contributed by atoms with van der Waals surface area (Å²) in [5, 5.41) is 2.76. The fourth-order valence-electron chi connectivity index (χ4n) is 3.02. The summed E-state index contributed by atoms with van der Waals surface area (Å²) in [7, 11) is -3.90. The fraction of sp³-hybridized carbons (Fsp3) is 0.409. The number of nitrogens with zero attached hydrogens (tertiary/aromatic N) is 1. The molecule has 0 radical (unpaired) electrons. The van der Waals surface area contributed by atoms with E-state index in [-0.39, 0.29) is 5.56 Å². The summed E-state index contributed by atoms with van der Waals surface area (Å²) in [6.45, 7) is 3.93. The third kappa shape index (κ3) is 5.37. The minimum atomic E-state index is -3.90. The monoisotopic (exact) mass is 434 g/mol. The fourth-order valence-corrected chi connectivity index (χ4v) is 4.63. The van der Waals surface area contributed by atoms with Gasteiger partial charge in [-0.3, -0.25) is 4.79 Å². The van der Waals surface area contributed by atoms with Crippen molar-refractivity contribution in [3.63, 3.8) is 0 Å². The SMILES string of the molecule is CCCCOc1ccc(CCNC(=O)c2ccc(F)c(S(=O)(=O)N3CCC3)c2)cc1. The van der Waals surface area contributed by atoms with Crippen LogP contribution in [0.3, 0.4) is 0 Å². The van der Waals surface area contributed by atoms with Gasteiger partial charge in [-0.2, -0.15) is 4.31 Å². The quantitative estimate of drug-likeness (QED) is 0.582. The lowest BCUT2D eigenvalue weighted by molar-refractivity contribution is 0.0954. The van der Waals surface area contributed by atoms with Crippen LogP contribution in [0.4, 0.5) is 4.39 Å². The molecule has 1 N–H and O–H groups in total.